The van der Waals surface area contributed by atoms with E-state index >= 15 is 0 Å². The smallest absolute Gasteiger partial charge is 0.0223 e. The van der Waals surface area contributed by atoms with E-state index in [0.29, 0.717) is 0 Å². The monoisotopic (exact) mass is 323 g/mol. The molecule has 1 aliphatic rings. The van der Waals surface area contributed by atoms with Crippen molar-refractivity contribution in [2.45, 2.75) is 51.9 Å². The number of nitrogens with zero attached hydrogens (tertiary/aromatic N) is 1. The topological polar surface area (TPSA) is 3.24 Å². The molecule has 1 fully saturated rings. The van der Waals surface area contributed by atoms with Gasteiger partial charge in [-0.05, 0) is 48.1 Å². The summed E-state index contributed by atoms with van der Waals surface area (Å²) >= 11 is 0. The van der Waals surface area contributed by atoms with Gasteiger partial charge in [0, 0.05) is 18.8 Å². The largest absolute Gasteiger partial charge is 0.375 e. The molecule has 24 heavy (non-hydrogen) atoms. The summed E-state index contributed by atoms with van der Waals surface area (Å²) < 4.78 is 0. The van der Waals surface area contributed by atoms with E-state index in [4.69, 9.17) is 0 Å². The first-order chi connectivity index (χ1) is 11.3. The van der Waals surface area contributed by atoms with E-state index in [1.165, 1.54) is 23.2 Å². The molecule has 0 aromatic heterocycles. The summed E-state index contributed by atoms with van der Waals surface area (Å²) in [7, 11) is 0. The van der Waals surface area contributed by atoms with Gasteiger partial charge in [0.2, 0.25) is 0 Å². The molecule has 130 valence electrons. The second-order valence-corrected chi connectivity index (χ2v) is 8.16. The van der Waals surface area contributed by atoms with Crippen LogP contribution in [0.4, 0.5) is 0 Å². The molecule has 0 N–H and O–H groups in total. The van der Waals surface area contributed by atoms with Gasteiger partial charge in [-0.1, -0.05) is 76.4 Å². The second kappa shape index (κ2) is 7.88. The summed E-state index contributed by atoms with van der Waals surface area (Å²) in [5, 5.41) is 0. The molecule has 0 saturated carbocycles. The standard InChI is InChI=1S/C23H33N/c1-7-18(2)11-10-12-19(3)24-16-20(17-24)15-21-13-8-9-14-22(21)23(4,5)6/h7-9,13-14,20H,1-3,10-12,15-17H2,4-6H3. The number of hydrogen-bond donors (Lipinski definition) is 0. The SMILES string of the molecule is C=CC(=C)CCCC(=C)N1CC(Cc2ccccc2C(C)(C)C)C1. The number of hydrogen-bond acceptors (Lipinski definition) is 1. The first kappa shape index (κ1) is 18.6. The molecule has 1 aromatic rings. The van der Waals surface area contributed by atoms with E-state index in [2.05, 4.69) is 69.7 Å². The number of likely N-dealkylation sites (tertiary alicyclic amines) is 1. The molecule has 1 nitrogen and oxygen atoms in total. The zero-order valence-corrected chi connectivity index (χ0v) is 15.8. The molecule has 1 heterocycles. The van der Waals surface area contributed by atoms with Gasteiger partial charge in [0.15, 0.2) is 0 Å². The first-order valence-electron chi connectivity index (χ1n) is 9.12. The highest BCUT2D eigenvalue weighted by Crippen LogP contribution is 2.31. The molecule has 0 aliphatic carbocycles. The minimum Gasteiger partial charge on any atom is -0.375 e. The lowest BCUT2D eigenvalue weighted by atomic mass is 9.80. The van der Waals surface area contributed by atoms with Crippen LogP contribution in [0.3, 0.4) is 0 Å². The summed E-state index contributed by atoms with van der Waals surface area (Å²) in [5.74, 6) is 0.758. The van der Waals surface area contributed by atoms with Crippen LogP contribution in [0.25, 0.3) is 0 Å². The van der Waals surface area contributed by atoms with Crippen LogP contribution in [0.5, 0.6) is 0 Å². The van der Waals surface area contributed by atoms with Gasteiger partial charge in [-0.15, -0.1) is 0 Å². The number of rotatable bonds is 8. The summed E-state index contributed by atoms with van der Waals surface area (Å²) in [6.45, 7) is 21.2. The van der Waals surface area contributed by atoms with Crippen LogP contribution in [-0.4, -0.2) is 18.0 Å². The Morgan fingerprint density at radius 1 is 1.17 bits per heavy atom. The third-order valence-electron chi connectivity index (χ3n) is 4.99. The van der Waals surface area contributed by atoms with E-state index in [9.17, 15) is 0 Å². The molecule has 0 atom stereocenters. The quantitative estimate of drug-likeness (QED) is 0.540. The fraction of sp³-hybridized carbons (Fsp3) is 0.478. The average molecular weight is 324 g/mol. The predicted octanol–water partition coefficient (Wildman–Crippen LogP) is 5.88. The lowest BCUT2D eigenvalue weighted by Gasteiger charge is -2.43. The summed E-state index contributed by atoms with van der Waals surface area (Å²) in [5.41, 5.74) is 5.64. The van der Waals surface area contributed by atoms with E-state index < -0.39 is 0 Å². The van der Waals surface area contributed by atoms with Crippen LogP contribution in [0.1, 0.15) is 51.2 Å². The average Bonchev–Trinajstić information content (AvgIpc) is 2.49. The molecule has 0 spiro atoms. The van der Waals surface area contributed by atoms with Crippen molar-refractivity contribution in [3.8, 4) is 0 Å². The maximum atomic E-state index is 4.27. The molecular formula is C23H33N. The Hall–Kier alpha value is -1.76. The van der Waals surface area contributed by atoms with Crippen molar-refractivity contribution in [3.05, 3.63) is 72.5 Å². The Labute approximate surface area is 148 Å². The van der Waals surface area contributed by atoms with E-state index in [1.54, 1.807) is 0 Å². The van der Waals surface area contributed by atoms with Crippen molar-refractivity contribution in [2.75, 3.05) is 13.1 Å². The molecule has 1 aliphatic heterocycles. The summed E-state index contributed by atoms with van der Waals surface area (Å²) in [6.07, 6.45) is 6.26. The molecule has 1 aromatic carbocycles. The van der Waals surface area contributed by atoms with Gasteiger partial charge >= 0.3 is 0 Å². The first-order valence-corrected chi connectivity index (χ1v) is 9.12. The fourth-order valence-electron chi connectivity index (χ4n) is 3.48. The molecule has 2 rings (SSSR count). The van der Waals surface area contributed by atoms with Gasteiger partial charge in [0.25, 0.3) is 0 Å². The maximum absolute atomic E-state index is 4.27. The van der Waals surface area contributed by atoms with Crippen molar-refractivity contribution in [2.24, 2.45) is 5.92 Å². The zero-order valence-electron chi connectivity index (χ0n) is 15.8. The van der Waals surface area contributed by atoms with E-state index in [-0.39, 0.29) is 5.41 Å². The van der Waals surface area contributed by atoms with Crippen molar-refractivity contribution in [1.82, 2.24) is 4.90 Å². The van der Waals surface area contributed by atoms with Gasteiger partial charge in [-0.25, -0.2) is 0 Å². The lowest BCUT2D eigenvalue weighted by molar-refractivity contribution is 0.138. The molecule has 1 heteroatoms. The third kappa shape index (κ3) is 4.87. The summed E-state index contributed by atoms with van der Waals surface area (Å²) in [4.78, 5) is 2.45. The highest BCUT2D eigenvalue weighted by atomic mass is 15.2. The van der Waals surface area contributed by atoms with Crippen molar-refractivity contribution >= 4 is 0 Å². The van der Waals surface area contributed by atoms with Crippen molar-refractivity contribution in [3.63, 3.8) is 0 Å². The Morgan fingerprint density at radius 3 is 2.46 bits per heavy atom. The van der Waals surface area contributed by atoms with Crippen LogP contribution in [0, 0.1) is 5.92 Å². The van der Waals surface area contributed by atoms with E-state index in [0.717, 1.165) is 43.8 Å². The number of allylic oxidation sites excluding steroid dienone is 3. The van der Waals surface area contributed by atoms with Crippen LogP contribution in [0.15, 0.2) is 61.3 Å². The van der Waals surface area contributed by atoms with Crippen LogP contribution < -0.4 is 0 Å². The zero-order chi connectivity index (χ0) is 17.7. The Balaban J connectivity index is 1.80. The van der Waals surface area contributed by atoms with Gasteiger partial charge < -0.3 is 4.90 Å². The van der Waals surface area contributed by atoms with Crippen LogP contribution in [-0.2, 0) is 11.8 Å². The molecule has 0 amide bonds. The minimum atomic E-state index is 0.219. The predicted molar refractivity (Wildman–Crippen MR) is 106 cm³/mol. The van der Waals surface area contributed by atoms with Gasteiger partial charge in [0.1, 0.15) is 0 Å². The number of benzene rings is 1. The van der Waals surface area contributed by atoms with Gasteiger partial charge in [0.05, 0.1) is 0 Å². The fourth-order valence-corrected chi connectivity index (χ4v) is 3.48. The normalized spacial score (nSPS) is 15.0. The molecular weight excluding hydrogens is 290 g/mol. The van der Waals surface area contributed by atoms with Crippen molar-refractivity contribution in [1.29, 1.82) is 0 Å². The van der Waals surface area contributed by atoms with E-state index in [1.807, 2.05) is 6.08 Å². The summed E-state index contributed by atoms with van der Waals surface area (Å²) in [6, 6.07) is 8.93. The Kier molecular flexibility index (Phi) is 6.10. The van der Waals surface area contributed by atoms with Gasteiger partial charge in [-0.3, -0.25) is 0 Å². The van der Waals surface area contributed by atoms with Crippen molar-refractivity contribution < 1.29 is 0 Å². The van der Waals surface area contributed by atoms with Gasteiger partial charge in [-0.2, -0.15) is 0 Å². The third-order valence-corrected chi connectivity index (χ3v) is 4.99. The highest BCUT2D eigenvalue weighted by molar-refractivity contribution is 5.33. The molecule has 0 bridgehead atoms. The highest BCUT2D eigenvalue weighted by Gasteiger charge is 2.29. The van der Waals surface area contributed by atoms with Crippen LogP contribution in [0.2, 0.25) is 0 Å². The molecule has 0 radical (unpaired) electrons. The molecule has 1 saturated heterocycles. The Morgan fingerprint density at radius 2 is 1.83 bits per heavy atom. The minimum absolute atomic E-state index is 0.219. The molecule has 0 unspecified atom stereocenters. The second-order valence-electron chi connectivity index (χ2n) is 8.16. The maximum Gasteiger partial charge on any atom is 0.0223 e. The van der Waals surface area contributed by atoms with Crippen LogP contribution >= 0.6 is 0 Å². The lowest BCUT2D eigenvalue weighted by Crippen LogP contribution is -2.46. The Bertz CT molecular complexity index is 597.